The molecule has 0 aliphatic carbocycles. The number of nitrogens with one attached hydrogen (secondary N) is 1. The Labute approximate surface area is 176 Å². The first-order valence-electron chi connectivity index (χ1n) is 10.1. The molecule has 0 fully saturated rings. The molecule has 30 heavy (non-hydrogen) atoms. The molecule has 0 amide bonds. The average molecular weight is 409 g/mol. The minimum absolute atomic E-state index is 0.0547. The number of ether oxygens (including phenoxy) is 2. The smallest absolute Gasteiger partial charge is 0.334 e. The topological polar surface area (TPSA) is 84.9 Å². The van der Waals surface area contributed by atoms with Gasteiger partial charge in [-0.1, -0.05) is 74.5 Å². The lowest BCUT2D eigenvalue weighted by atomic mass is 9.77. The zero-order chi connectivity index (χ0) is 21.6. The van der Waals surface area contributed by atoms with Crippen LogP contribution in [0.25, 0.3) is 0 Å². The Morgan fingerprint density at radius 3 is 1.80 bits per heavy atom. The van der Waals surface area contributed by atoms with E-state index >= 15 is 0 Å². The molecule has 0 atom stereocenters. The number of hydrogen-bond acceptors (Lipinski definition) is 6. The first kappa shape index (κ1) is 21.7. The summed E-state index contributed by atoms with van der Waals surface area (Å²) < 4.78 is 11.4. The van der Waals surface area contributed by atoms with Gasteiger partial charge in [-0.25, -0.2) is 9.59 Å². The summed E-state index contributed by atoms with van der Waals surface area (Å²) in [6.45, 7) is 5.23. The molecule has 0 aromatic heterocycles. The molecule has 3 rings (SSSR count). The van der Waals surface area contributed by atoms with Crippen LogP contribution in [0.15, 0.2) is 72.8 Å². The van der Waals surface area contributed by atoms with Crippen molar-refractivity contribution in [1.29, 1.82) is 0 Å². The van der Waals surface area contributed by atoms with Crippen LogP contribution in [0.3, 0.4) is 0 Å². The first-order valence-corrected chi connectivity index (χ1v) is 10.1. The van der Waals surface area contributed by atoms with E-state index in [-0.39, 0.29) is 6.42 Å². The van der Waals surface area contributed by atoms with Crippen molar-refractivity contribution in [2.24, 2.45) is 5.92 Å². The Morgan fingerprint density at radius 1 is 0.900 bits per heavy atom. The van der Waals surface area contributed by atoms with Gasteiger partial charge in [-0.15, -0.1) is 0 Å². The fraction of sp³-hybridized carbons (Fsp3) is 0.333. The van der Waals surface area contributed by atoms with Crippen LogP contribution in [0.2, 0.25) is 0 Å². The third kappa shape index (κ3) is 4.45. The maximum absolute atomic E-state index is 12.4. The fourth-order valence-electron chi connectivity index (χ4n) is 3.59. The van der Waals surface area contributed by atoms with E-state index in [4.69, 9.17) is 9.47 Å². The van der Waals surface area contributed by atoms with Crippen molar-refractivity contribution >= 4 is 11.9 Å². The average Bonchev–Trinajstić information content (AvgIpc) is 2.90. The summed E-state index contributed by atoms with van der Waals surface area (Å²) in [4.78, 5) is 24.8. The lowest BCUT2D eigenvalue weighted by molar-refractivity contribution is -0.284. The van der Waals surface area contributed by atoms with E-state index in [2.05, 4.69) is 19.2 Å². The molecule has 2 aromatic carbocycles. The zero-order valence-corrected chi connectivity index (χ0v) is 17.2. The standard InChI is InChI=1S/C24H27NO5/c1-18(2)17-25-16-15-23(29-21(26)13-14-22(27)30-23)24(28,19-9-5-3-6-10-19)20-11-7-4-8-12-20/h3-14,18,25,28H,15-17H2,1-2H3. The molecule has 2 N–H and O–H groups in total. The van der Waals surface area contributed by atoms with E-state index in [1.165, 1.54) is 0 Å². The molecule has 6 nitrogen and oxygen atoms in total. The highest BCUT2D eigenvalue weighted by molar-refractivity contribution is 5.93. The van der Waals surface area contributed by atoms with Crippen molar-refractivity contribution in [3.05, 3.63) is 83.9 Å². The van der Waals surface area contributed by atoms with Gasteiger partial charge in [-0.3, -0.25) is 0 Å². The largest absolute Gasteiger partial charge is 0.415 e. The van der Waals surface area contributed by atoms with Gasteiger partial charge in [0.1, 0.15) is 0 Å². The Hall–Kier alpha value is -2.96. The molecule has 2 aromatic rings. The van der Waals surface area contributed by atoms with Gasteiger partial charge >= 0.3 is 11.9 Å². The van der Waals surface area contributed by atoms with Crippen LogP contribution >= 0.6 is 0 Å². The number of cyclic esters (lactones) is 2. The monoisotopic (exact) mass is 409 g/mol. The molecule has 0 unspecified atom stereocenters. The van der Waals surface area contributed by atoms with Crippen LogP contribution in [0.4, 0.5) is 0 Å². The fourth-order valence-corrected chi connectivity index (χ4v) is 3.59. The maximum atomic E-state index is 12.4. The normalized spacial score (nSPS) is 16.1. The summed E-state index contributed by atoms with van der Waals surface area (Å²) in [5.41, 5.74) is -1.03. The van der Waals surface area contributed by atoms with Gasteiger partial charge in [0.2, 0.25) is 0 Å². The quantitative estimate of drug-likeness (QED) is 0.515. The van der Waals surface area contributed by atoms with Gasteiger partial charge in [-0.2, -0.15) is 0 Å². The van der Waals surface area contributed by atoms with Gasteiger partial charge in [0.15, 0.2) is 5.60 Å². The van der Waals surface area contributed by atoms with E-state index in [0.717, 1.165) is 18.7 Å². The van der Waals surface area contributed by atoms with Crippen LogP contribution < -0.4 is 5.32 Å². The summed E-state index contributed by atoms with van der Waals surface area (Å²) in [6, 6.07) is 17.6. The number of carbonyl (C=O) groups is 2. The predicted molar refractivity (Wildman–Crippen MR) is 112 cm³/mol. The highest BCUT2D eigenvalue weighted by Crippen LogP contribution is 2.45. The lowest BCUT2D eigenvalue weighted by Crippen LogP contribution is -2.58. The molecule has 1 aliphatic rings. The predicted octanol–water partition coefficient (Wildman–Crippen LogP) is 2.91. The Kier molecular flexibility index (Phi) is 6.70. The number of esters is 2. The van der Waals surface area contributed by atoms with Crippen molar-refractivity contribution in [3.63, 3.8) is 0 Å². The molecular weight excluding hydrogens is 382 g/mol. The first-order chi connectivity index (χ1) is 14.4. The van der Waals surface area contributed by atoms with E-state index in [9.17, 15) is 14.7 Å². The van der Waals surface area contributed by atoms with Crippen molar-refractivity contribution < 1.29 is 24.2 Å². The van der Waals surface area contributed by atoms with Crippen molar-refractivity contribution in [1.82, 2.24) is 5.32 Å². The number of carbonyl (C=O) groups excluding carboxylic acids is 2. The second-order valence-corrected chi connectivity index (χ2v) is 7.72. The Bertz CT molecular complexity index is 833. The number of hydrogen-bond donors (Lipinski definition) is 2. The SMILES string of the molecule is CC(C)CNCCC1(C(O)(c2ccccc2)c2ccccc2)OC(=O)C=CC(=O)O1. The molecule has 0 spiro atoms. The van der Waals surface area contributed by atoms with Crippen molar-refractivity contribution in [3.8, 4) is 0 Å². The van der Waals surface area contributed by atoms with E-state index < -0.39 is 23.3 Å². The van der Waals surface area contributed by atoms with Gasteiger partial charge in [0.05, 0.1) is 0 Å². The molecule has 0 saturated carbocycles. The summed E-state index contributed by atoms with van der Waals surface area (Å²) >= 11 is 0. The number of benzene rings is 2. The van der Waals surface area contributed by atoms with Crippen molar-refractivity contribution in [2.45, 2.75) is 31.7 Å². The van der Waals surface area contributed by atoms with Crippen molar-refractivity contribution in [2.75, 3.05) is 13.1 Å². The summed E-state index contributed by atoms with van der Waals surface area (Å²) in [5, 5.41) is 15.5. The Balaban J connectivity index is 2.14. The molecule has 1 heterocycles. The third-order valence-corrected chi connectivity index (χ3v) is 5.00. The van der Waals surface area contributed by atoms with E-state index in [1.807, 2.05) is 12.1 Å². The van der Waals surface area contributed by atoms with E-state index in [0.29, 0.717) is 23.6 Å². The molecule has 0 radical (unpaired) electrons. The molecule has 1 aliphatic heterocycles. The second-order valence-electron chi connectivity index (χ2n) is 7.72. The highest BCUT2D eigenvalue weighted by Gasteiger charge is 2.59. The summed E-state index contributed by atoms with van der Waals surface area (Å²) in [7, 11) is 0. The van der Waals surface area contributed by atoms with Gasteiger partial charge in [0.25, 0.3) is 5.79 Å². The van der Waals surface area contributed by atoms with E-state index in [1.54, 1.807) is 48.5 Å². The number of rotatable bonds is 8. The Morgan fingerprint density at radius 2 is 1.37 bits per heavy atom. The maximum Gasteiger partial charge on any atom is 0.334 e. The lowest BCUT2D eigenvalue weighted by Gasteiger charge is -2.45. The van der Waals surface area contributed by atoms with Crippen LogP contribution in [-0.4, -0.2) is 35.9 Å². The van der Waals surface area contributed by atoms with Crippen LogP contribution in [0.1, 0.15) is 31.4 Å². The minimum Gasteiger partial charge on any atom is -0.415 e. The second kappa shape index (κ2) is 9.24. The van der Waals surface area contributed by atoms with Gasteiger partial charge in [0, 0.05) is 25.1 Å². The van der Waals surface area contributed by atoms with Gasteiger partial charge < -0.3 is 19.9 Å². The van der Waals surface area contributed by atoms with Gasteiger partial charge in [-0.05, 0) is 23.6 Å². The molecule has 158 valence electrons. The minimum atomic E-state index is -1.96. The summed E-state index contributed by atoms with van der Waals surface area (Å²) in [5.74, 6) is -3.06. The molecule has 0 saturated heterocycles. The molecule has 0 bridgehead atoms. The van der Waals surface area contributed by atoms with Crippen LogP contribution in [0, 0.1) is 5.92 Å². The molecule has 6 heteroatoms. The van der Waals surface area contributed by atoms with Crippen LogP contribution in [-0.2, 0) is 24.7 Å². The zero-order valence-electron chi connectivity index (χ0n) is 17.2. The summed E-state index contributed by atoms with van der Waals surface area (Å²) in [6.07, 6.45) is 2.09. The highest BCUT2D eigenvalue weighted by atomic mass is 16.7. The number of aliphatic hydroxyl groups is 1. The van der Waals surface area contributed by atoms with Crippen LogP contribution in [0.5, 0.6) is 0 Å². The molecular formula is C24H27NO5. The third-order valence-electron chi connectivity index (χ3n) is 5.00.